The summed E-state index contributed by atoms with van der Waals surface area (Å²) < 4.78 is 32.9. The fraction of sp³-hybridized carbons (Fsp3) is 0.238. The standard InChI is InChI=1S/C21H22N2O4S/c1-28(25,26)22(15-17-7-6-12-27-17)13-16(24)14-23-20-10-4-2-8-18(20)19-9-3-5-11-21(19)23/h2-12,16,24H,13-15H2,1H3/t16-/m1/s1. The SMILES string of the molecule is CS(=O)(=O)N(Cc1ccco1)C[C@@H](O)Cn1c2ccccc2c2ccccc21. The minimum Gasteiger partial charge on any atom is -0.468 e. The molecule has 0 bridgehead atoms. The van der Waals surface area contributed by atoms with Gasteiger partial charge in [0.1, 0.15) is 5.76 Å². The van der Waals surface area contributed by atoms with Gasteiger partial charge in [-0.3, -0.25) is 0 Å². The number of para-hydroxylation sites is 2. The number of hydrogen-bond acceptors (Lipinski definition) is 4. The predicted molar refractivity (Wildman–Crippen MR) is 109 cm³/mol. The van der Waals surface area contributed by atoms with E-state index in [1.165, 1.54) is 10.6 Å². The van der Waals surface area contributed by atoms with Crippen LogP contribution in [-0.4, -0.2) is 41.3 Å². The van der Waals surface area contributed by atoms with Crippen LogP contribution in [0.25, 0.3) is 21.8 Å². The molecule has 28 heavy (non-hydrogen) atoms. The number of nitrogens with zero attached hydrogens (tertiary/aromatic N) is 2. The van der Waals surface area contributed by atoms with E-state index in [9.17, 15) is 13.5 Å². The van der Waals surface area contributed by atoms with E-state index in [-0.39, 0.29) is 19.6 Å². The number of benzene rings is 2. The summed E-state index contributed by atoms with van der Waals surface area (Å²) >= 11 is 0. The molecule has 0 aliphatic rings. The molecule has 0 aliphatic heterocycles. The topological polar surface area (TPSA) is 75.7 Å². The fourth-order valence-electron chi connectivity index (χ4n) is 3.60. The van der Waals surface area contributed by atoms with Gasteiger partial charge in [-0.1, -0.05) is 36.4 Å². The lowest BCUT2D eigenvalue weighted by Crippen LogP contribution is -2.38. The number of aliphatic hydroxyl groups excluding tert-OH is 1. The number of rotatable bonds is 7. The average molecular weight is 398 g/mol. The Kier molecular flexibility index (Phi) is 4.97. The van der Waals surface area contributed by atoms with Crippen LogP contribution in [0.4, 0.5) is 0 Å². The van der Waals surface area contributed by atoms with E-state index >= 15 is 0 Å². The molecule has 0 spiro atoms. The number of furan rings is 1. The molecule has 146 valence electrons. The second-order valence-electron chi connectivity index (χ2n) is 6.93. The summed E-state index contributed by atoms with van der Waals surface area (Å²) in [5.74, 6) is 0.537. The highest BCUT2D eigenvalue weighted by molar-refractivity contribution is 7.88. The Morgan fingerprint density at radius 2 is 1.61 bits per heavy atom. The molecule has 2 aromatic heterocycles. The Bertz CT molecular complexity index is 1140. The highest BCUT2D eigenvalue weighted by Gasteiger charge is 2.23. The Labute approximate surface area is 163 Å². The first-order valence-corrected chi connectivity index (χ1v) is 10.9. The summed E-state index contributed by atoms with van der Waals surface area (Å²) in [6, 6.07) is 19.5. The Hall–Kier alpha value is -2.61. The van der Waals surface area contributed by atoms with E-state index in [1.54, 1.807) is 12.1 Å². The maximum absolute atomic E-state index is 12.2. The zero-order chi connectivity index (χ0) is 19.7. The van der Waals surface area contributed by atoms with Crippen LogP contribution in [0.3, 0.4) is 0 Å². The molecule has 0 saturated heterocycles. The van der Waals surface area contributed by atoms with Crippen molar-refractivity contribution in [2.45, 2.75) is 19.2 Å². The minimum absolute atomic E-state index is 0.0135. The maximum atomic E-state index is 12.2. The molecule has 2 aromatic carbocycles. The van der Waals surface area contributed by atoms with Gasteiger partial charge in [0.15, 0.2) is 0 Å². The first kappa shape index (κ1) is 18.7. The molecule has 1 N–H and O–H groups in total. The molecule has 4 rings (SSSR count). The van der Waals surface area contributed by atoms with Crippen molar-refractivity contribution in [3.8, 4) is 0 Å². The molecule has 4 aromatic rings. The molecule has 0 aliphatic carbocycles. The summed E-state index contributed by atoms with van der Waals surface area (Å²) in [4.78, 5) is 0. The molecule has 1 atom stereocenters. The van der Waals surface area contributed by atoms with E-state index in [1.807, 2.05) is 41.0 Å². The molecule has 0 amide bonds. The van der Waals surface area contributed by atoms with Crippen molar-refractivity contribution in [2.75, 3.05) is 12.8 Å². The second kappa shape index (κ2) is 7.43. The first-order valence-electron chi connectivity index (χ1n) is 9.05. The minimum atomic E-state index is -3.50. The number of hydrogen-bond donors (Lipinski definition) is 1. The van der Waals surface area contributed by atoms with E-state index in [0.717, 1.165) is 28.1 Å². The molecule has 2 heterocycles. The molecule has 0 unspecified atom stereocenters. The van der Waals surface area contributed by atoms with Crippen LogP contribution >= 0.6 is 0 Å². The van der Waals surface area contributed by atoms with Crippen LogP contribution < -0.4 is 0 Å². The molecule has 0 radical (unpaired) electrons. The Balaban J connectivity index is 1.63. The van der Waals surface area contributed by atoms with Crippen LogP contribution in [-0.2, 0) is 23.1 Å². The molecule has 6 nitrogen and oxygen atoms in total. The molecular weight excluding hydrogens is 376 g/mol. The number of aromatic nitrogens is 1. The molecular formula is C21H22N2O4S. The number of aliphatic hydroxyl groups is 1. The summed E-state index contributed by atoms with van der Waals surface area (Å²) in [5.41, 5.74) is 2.03. The van der Waals surface area contributed by atoms with Crippen LogP contribution in [0.1, 0.15) is 5.76 Å². The van der Waals surface area contributed by atoms with E-state index < -0.39 is 16.1 Å². The van der Waals surface area contributed by atoms with Crippen molar-refractivity contribution in [3.05, 3.63) is 72.7 Å². The maximum Gasteiger partial charge on any atom is 0.211 e. The van der Waals surface area contributed by atoms with Crippen molar-refractivity contribution in [1.29, 1.82) is 0 Å². The summed E-state index contributed by atoms with van der Waals surface area (Å²) in [6.45, 7) is 0.370. The van der Waals surface area contributed by atoms with Gasteiger partial charge in [0, 0.05) is 28.4 Å². The summed E-state index contributed by atoms with van der Waals surface area (Å²) in [5, 5.41) is 13.0. The van der Waals surface area contributed by atoms with Gasteiger partial charge < -0.3 is 14.1 Å². The van der Waals surface area contributed by atoms with Gasteiger partial charge in [-0.05, 0) is 24.3 Å². The lowest BCUT2D eigenvalue weighted by atomic mass is 10.2. The van der Waals surface area contributed by atoms with Crippen LogP contribution in [0, 0.1) is 0 Å². The lowest BCUT2D eigenvalue weighted by molar-refractivity contribution is 0.127. The van der Waals surface area contributed by atoms with E-state index in [0.29, 0.717) is 5.76 Å². The van der Waals surface area contributed by atoms with Gasteiger partial charge in [-0.25, -0.2) is 8.42 Å². The number of fused-ring (bicyclic) bond motifs is 3. The zero-order valence-electron chi connectivity index (χ0n) is 15.5. The summed E-state index contributed by atoms with van der Waals surface area (Å²) in [7, 11) is -3.50. The third kappa shape index (κ3) is 3.69. The van der Waals surface area contributed by atoms with Gasteiger partial charge >= 0.3 is 0 Å². The van der Waals surface area contributed by atoms with Crippen molar-refractivity contribution in [2.24, 2.45) is 0 Å². The van der Waals surface area contributed by atoms with Gasteiger partial charge in [0.25, 0.3) is 0 Å². The highest BCUT2D eigenvalue weighted by atomic mass is 32.2. The van der Waals surface area contributed by atoms with Crippen molar-refractivity contribution >= 4 is 31.8 Å². The van der Waals surface area contributed by atoms with Gasteiger partial charge in [0.05, 0.1) is 31.7 Å². The normalized spacial score (nSPS) is 13.5. The van der Waals surface area contributed by atoms with Gasteiger partial charge in [-0.2, -0.15) is 4.31 Å². The predicted octanol–water partition coefficient (Wildman–Crippen LogP) is 3.21. The number of sulfonamides is 1. The lowest BCUT2D eigenvalue weighted by Gasteiger charge is -2.23. The third-order valence-electron chi connectivity index (χ3n) is 4.87. The highest BCUT2D eigenvalue weighted by Crippen LogP contribution is 2.29. The largest absolute Gasteiger partial charge is 0.468 e. The third-order valence-corrected chi connectivity index (χ3v) is 6.09. The van der Waals surface area contributed by atoms with Crippen LogP contribution in [0.5, 0.6) is 0 Å². The smallest absolute Gasteiger partial charge is 0.211 e. The van der Waals surface area contributed by atoms with E-state index in [4.69, 9.17) is 4.42 Å². The molecule has 0 saturated carbocycles. The quantitative estimate of drug-likeness (QED) is 0.519. The van der Waals surface area contributed by atoms with Crippen LogP contribution in [0.15, 0.2) is 71.3 Å². The second-order valence-corrected chi connectivity index (χ2v) is 8.92. The fourth-order valence-corrected chi connectivity index (χ4v) is 4.40. The average Bonchev–Trinajstić information content (AvgIpc) is 3.28. The van der Waals surface area contributed by atoms with Gasteiger partial charge in [-0.15, -0.1) is 0 Å². The summed E-state index contributed by atoms with van der Waals surface area (Å²) in [6.07, 6.45) is 1.77. The molecule has 7 heteroatoms. The zero-order valence-corrected chi connectivity index (χ0v) is 16.3. The van der Waals surface area contributed by atoms with Crippen molar-refractivity contribution in [3.63, 3.8) is 0 Å². The van der Waals surface area contributed by atoms with Crippen LogP contribution in [0.2, 0.25) is 0 Å². The monoisotopic (exact) mass is 398 g/mol. The van der Waals surface area contributed by atoms with Crippen molar-refractivity contribution < 1.29 is 17.9 Å². The first-order chi connectivity index (χ1) is 13.4. The van der Waals surface area contributed by atoms with Crippen molar-refractivity contribution in [1.82, 2.24) is 8.87 Å². The van der Waals surface area contributed by atoms with E-state index in [2.05, 4.69) is 12.1 Å². The van der Waals surface area contributed by atoms with Gasteiger partial charge in [0.2, 0.25) is 10.0 Å². The Morgan fingerprint density at radius 1 is 1.00 bits per heavy atom. The molecule has 0 fully saturated rings. The Morgan fingerprint density at radius 3 is 2.14 bits per heavy atom.